The second kappa shape index (κ2) is 13.0. The van der Waals surface area contributed by atoms with Crippen LogP contribution in [0.25, 0.3) is 0 Å². The molecule has 19 nitrogen and oxygen atoms in total. The van der Waals surface area contributed by atoms with E-state index >= 15 is 0 Å². The molecule has 15 atom stereocenters. The van der Waals surface area contributed by atoms with E-state index < -0.39 is 120 Å². The van der Waals surface area contributed by atoms with Crippen LogP contribution in [0, 0.1) is 0 Å². The lowest BCUT2D eigenvalue weighted by Gasteiger charge is -2.48. The summed E-state index contributed by atoms with van der Waals surface area (Å²) in [5.41, 5.74) is 0. The van der Waals surface area contributed by atoms with Crippen LogP contribution in [0.2, 0.25) is 0 Å². The van der Waals surface area contributed by atoms with Crippen LogP contribution >= 0.6 is 7.82 Å². The second-order valence-electron chi connectivity index (χ2n) is 8.90. The SMILES string of the molecule is O=P(O)(O)O[C@@H]1[C@@H](O)[C@@H](O)O[C@H](CO)[C@H]1O[C@H]1O[C@H](CO)[C@@H](O[C@H]2O[C@H](CO)[C@@H](O)[C@H](O)[C@H]2O)[C@H](O)[C@H]1O. The Labute approximate surface area is 214 Å². The van der Waals surface area contributed by atoms with Crippen molar-refractivity contribution in [1.82, 2.24) is 0 Å². The summed E-state index contributed by atoms with van der Waals surface area (Å²) >= 11 is 0. The Hall–Kier alpha value is -0.490. The highest BCUT2D eigenvalue weighted by Crippen LogP contribution is 2.42. The maximum Gasteiger partial charge on any atom is 0.470 e. The van der Waals surface area contributed by atoms with Crippen molar-refractivity contribution in [2.45, 2.75) is 92.1 Å². The number of aliphatic hydroxyl groups is 10. The molecular weight excluding hydrogens is 551 g/mol. The number of phosphoric acid groups is 1. The number of phosphoric ester groups is 1. The van der Waals surface area contributed by atoms with Crippen LogP contribution in [0.15, 0.2) is 0 Å². The van der Waals surface area contributed by atoms with E-state index in [2.05, 4.69) is 4.52 Å². The van der Waals surface area contributed by atoms with Crippen LogP contribution in [0.1, 0.15) is 0 Å². The normalized spacial score (nSPS) is 48.7. The first kappa shape index (κ1) is 32.0. The molecule has 0 aromatic heterocycles. The monoisotopic (exact) mass is 584 g/mol. The molecule has 0 unspecified atom stereocenters. The quantitative estimate of drug-likeness (QED) is 0.112. The molecule has 12 N–H and O–H groups in total. The lowest BCUT2D eigenvalue weighted by molar-refractivity contribution is -0.377. The first-order valence-electron chi connectivity index (χ1n) is 11.3. The van der Waals surface area contributed by atoms with Gasteiger partial charge in [-0.3, -0.25) is 4.52 Å². The molecule has 20 heteroatoms. The molecule has 0 saturated carbocycles. The summed E-state index contributed by atoms with van der Waals surface area (Å²) in [5.74, 6) is 0. The van der Waals surface area contributed by atoms with Crippen molar-refractivity contribution >= 4 is 7.82 Å². The molecular formula is C18H33O19P. The predicted molar refractivity (Wildman–Crippen MR) is 112 cm³/mol. The fourth-order valence-electron chi connectivity index (χ4n) is 4.32. The lowest BCUT2D eigenvalue weighted by Crippen LogP contribution is -2.66. The van der Waals surface area contributed by atoms with Gasteiger partial charge in [0.05, 0.1) is 19.8 Å². The fourth-order valence-corrected chi connectivity index (χ4v) is 4.88. The number of rotatable bonds is 9. The van der Waals surface area contributed by atoms with Gasteiger partial charge >= 0.3 is 7.82 Å². The summed E-state index contributed by atoms with van der Waals surface area (Å²) in [6, 6.07) is 0. The van der Waals surface area contributed by atoms with Crippen molar-refractivity contribution in [3.63, 3.8) is 0 Å². The largest absolute Gasteiger partial charge is 0.470 e. The maximum atomic E-state index is 11.4. The predicted octanol–water partition coefficient (Wildman–Crippen LogP) is -7.46. The van der Waals surface area contributed by atoms with E-state index in [9.17, 15) is 65.4 Å². The third-order valence-electron chi connectivity index (χ3n) is 6.32. The van der Waals surface area contributed by atoms with Gasteiger partial charge in [0.2, 0.25) is 0 Å². The van der Waals surface area contributed by atoms with Gasteiger partial charge in [0.15, 0.2) is 18.9 Å². The van der Waals surface area contributed by atoms with Gasteiger partial charge in [0, 0.05) is 0 Å². The van der Waals surface area contributed by atoms with Crippen molar-refractivity contribution in [2.24, 2.45) is 0 Å². The molecule has 38 heavy (non-hydrogen) atoms. The molecule has 0 aromatic carbocycles. The van der Waals surface area contributed by atoms with Gasteiger partial charge in [-0.2, -0.15) is 0 Å². The molecule has 224 valence electrons. The van der Waals surface area contributed by atoms with Gasteiger partial charge in [-0.25, -0.2) is 4.57 Å². The van der Waals surface area contributed by atoms with Crippen molar-refractivity contribution in [2.75, 3.05) is 19.8 Å². The van der Waals surface area contributed by atoms with E-state index in [1.165, 1.54) is 0 Å². The van der Waals surface area contributed by atoms with Gasteiger partial charge in [0.25, 0.3) is 0 Å². The van der Waals surface area contributed by atoms with Gasteiger partial charge in [-0.1, -0.05) is 0 Å². The van der Waals surface area contributed by atoms with Crippen LogP contribution in [-0.2, 0) is 32.8 Å². The minimum Gasteiger partial charge on any atom is -0.394 e. The zero-order chi connectivity index (χ0) is 28.5. The molecule has 3 heterocycles. The summed E-state index contributed by atoms with van der Waals surface area (Å²) in [4.78, 5) is 18.4. The lowest BCUT2D eigenvalue weighted by atomic mass is 9.96. The summed E-state index contributed by atoms with van der Waals surface area (Å²) in [7, 11) is -5.32. The molecule has 3 aliphatic rings. The second-order valence-corrected chi connectivity index (χ2v) is 10.1. The minimum absolute atomic E-state index is 0.787. The van der Waals surface area contributed by atoms with Gasteiger partial charge in [-0.05, 0) is 0 Å². The first-order valence-corrected chi connectivity index (χ1v) is 12.9. The van der Waals surface area contributed by atoms with Crippen molar-refractivity contribution in [3.05, 3.63) is 0 Å². The van der Waals surface area contributed by atoms with Crippen LogP contribution in [0.4, 0.5) is 0 Å². The Morgan fingerprint density at radius 3 is 1.55 bits per heavy atom. The fraction of sp³-hybridized carbons (Fsp3) is 1.00. The molecule has 0 aliphatic carbocycles. The first-order chi connectivity index (χ1) is 17.7. The van der Waals surface area contributed by atoms with E-state index in [1.807, 2.05) is 0 Å². The molecule has 0 bridgehead atoms. The summed E-state index contributed by atoms with van der Waals surface area (Å²) in [6.45, 7) is -2.64. The molecule has 0 spiro atoms. The third kappa shape index (κ3) is 6.86. The number of aliphatic hydroxyl groups excluding tert-OH is 10. The summed E-state index contributed by atoms with van der Waals surface area (Å²) in [5, 5.41) is 100. The standard InChI is InChI=1S/C18H33O19P/c19-1-4-7(22)8(23)10(25)17(33-4)35-13-5(2-20)34-18(11(26)9(13)24)36-14-6(3-21)32-16(28)12(27)15(14)37-38(29,30)31/h4-28H,1-3H2,(H2,29,30,31)/t4-,5-,6-,7-,8+,9-,10-,11-,12-,13-,14-,15-,16+,17-,18-/m1/s1. The highest BCUT2D eigenvalue weighted by molar-refractivity contribution is 7.46. The van der Waals surface area contributed by atoms with E-state index in [-0.39, 0.29) is 0 Å². The number of hydrogen-bond donors (Lipinski definition) is 12. The van der Waals surface area contributed by atoms with Gasteiger partial charge < -0.3 is 84.5 Å². The topological polar surface area (TPSA) is 315 Å². The summed E-state index contributed by atoms with van der Waals surface area (Å²) in [6.07, 6.45) is -27.5. The third-order valence-corrected chi connectivity index (χ3v) is 6.84. The van der Waals surface area contributed by atoms with Crippen molar-refractivity contribution < 1.29 is 93.6 Å². The van der Waals surface area contributed by atoms with E-state index in [4.69, 9.17) is 23.7 Å². The molecule has 0 aromatic rings. The maximum absolute atomic E-state index is 11.4. The zero-order valence-electron chi connectivity index (χ0n) is 19.5. The van der Waals surface area contributed by atoms with Crippen LogP contribution in [0.5, 0.6) is 0 Å². The molecule has 3 saturated heterocycles. The Morgan fingerprint density at radius 1 is 0.553 bits per heavy atom. The van der Waals surface area contributed by atoms with Crippen LogP contribution in [-0.4, -0.2) is 173 Å². The molecule has 0 amide bonds. The van der Waals surface area contributed by atoms with Crippen LogP contribution in [0.3, 0.4) is 0 Å². The number of ether oxygens (including phenoxy) is 5. The average molecular weight is 584 g/mol. The van der Waals surface area contributed by atoms with Crippen molar-refractivity contribution in [3.8, 4) is 0 Å². The van der Waals surface area contributed by atoms with E-state index in [0.717, 1.165) is 0 Å². The molecule has 3 fully saturated rings. The molecule has 0 radical (unpaired) electrons. The van der Waals surface area contributed by atoms with E-state index in [1.54, 1.807) is 0 Å². The van der Waals surface area contributed by atoms with Gasteiger partial charge in [-0.15, -0.1) is 0 Å². The van der Waals surface area contributed by atoms with Crippen LogP contribution < -0.4 is 0 Å². The summed E-state index contributed by atoms with van der Waals surface area (Å²) < 4.78 is 42.3. The smallest absolute Gasteiger partial charge is 0.394 e. The van der Waals surface area contributed by atoms with Gasteiger partial charge in [0.1, 0.15) is 73.2 Å². The number of hydrogen-bond acceptors (Lipinski definition) is 17. The molecule has 3 rings (SSSR count). The average Bonchev–Trinajstić information content (AvgIpc) is 2.86. The Kier molecular flexibility index (Phi) is 11.0. The minimum atomic E-state index is -5.32. The highest BCUT2D eigenvalue weighted by atomic mass is 31.2. The Morgan fingerprint density at radius 2 is 1.03 bits per heavy atom. The zero-order valence-corrected chi connectivity index (χ0v) is 20.3. The highest BCUT2D eigenvalue weighted by Gasteiger charge is 2.54. The Balaban J connectivity index is 1.78. The Bertz CT molecular complexity index is 796. The van der Waals surface area contributed by atoms with E-state index in [0.29, 0.717) is 0 Å². The molecule has 3 aliphatic heterocycles. The van der Waals surface area contributed by atoms with Crippen molar-refractivity contribution in [1.29, 1.82) is 0 Å².